The van der Waals surface area contributed by atoms with Crippen molar-refractivity contribution in [1.82, 2.24) is 10.3 Å². The molecule has 5 heteroatoms. The number of hydrogen-bond donors (Lipinski definition) is 1. The first-order chi connectivity index (χ1) is 16.3. The molecule has 0 bridgehead atoms. The molecule has 2 aromatic carbocycles. The molecule has 3 aromatic rings. The first-order valence-corrected chi connectivity index (χ1v) is 12.0. The Balaban J connectivity index is 1.87. The van der Waals surface area contributed by atoms with E-state index in [9.17, 15) is 13.6 Å². The van der Waals surface area contributed by atoms with Crippen LogP contribution in [0.4, 0.5) is 8.78 Å². The van der Waals surface area contributed by atoms with Gasteiger partial charge in [0.05, 0.1) is 5.69 Å². The van der Waals surface area contributed by atoms with Crippen LogP contribution in [0.3, 0.4) is 0 Å². The highest BCUT2D eigenvalue weighted by Crippen LogP contribution is 2.38. The third-order valence-corrected chi connectivity index (χ3v) is 6.89. The average molecular weight is 463 g/mol. The van der Waals surface area contributed by atoms with Crippen LogP contribution in [0.2, 0.25) is 0 Å². The summed E-state index contributed by atoms with van der Waals surface area (Å²) in [5.74, 6) is -2.70. The lowest BCUT2D eigenvalue weighted by Crippen LogP contribution is -2.50. The van der Waals surface area contributed by atoms with E-state index in [0.29, 0.717) is 30.0 Å². The maximum atomic E-state index is 14.4. The summed E-state index contributed by atoms with van der Waals surface area (Å²) in [4.78, 5) is 18.2. The number of pyridine rings is 1. The van der Waals surface area contributed by atoms with Crippen LogP contribution in [0.1, 0.15) is 67.0 Å². The van der Waals surface area contributed by atoms with Crippen LogP contribution in [0.5, 0.6) is 0 Å². The average Bonchev–Trinajstić information content (AvgIpc) is 3.32. The van der Waals surface area contributed by atoms with E-state index in [4.69, 9.17) is 4.98 Å². The van der Waals surface area contributed by atoms with E-state index in [1.165, 1.54) is 12.1 Å². The van der Waals surface area contributed by atoms with Gasteiger partial charge in [-0.15, -0.1) is 0 Å². The van der Waals surface area contributed by atoms with E-state index in [2.05, 4.69) is 5.32 Å². The molecule has 1 saturated carbocycles. The van der Waals surface area contributed by atoms with E-state index in [1.807, 2.05) is 55.5 Å². The minimum absolute atomic E-state index is 0.0680. The standard InChI is InChI=1S/C29H32F2N2O/c1-21-10-9-17-32-27(21)29(20-23-13-4-3-5-14-23,33-26(34)18-22-11-6-7-12-22)25-16-8-15-24(19-25)28(2,30)31/h3-5,8-10,13-17,19,22H,6-7,11-12,18,20H2,1-2H3,(H,33,34). The fourth-order valence-electron chi connectivity index (χ4n) is 5.16. The van der Waals surface area contributed by atoms with Gasteiger partial charge in [0.1, 0.15) is 5.54 Å². The van der Waals surface area contributed by atoms with Gasteiger partial charge < -0.3 is 5.32 Å². The Morgan fingerprint density at radius 3 is 2.38 bits per heavy atom. The molecule has 0 saturated heterocycles. The summed E-state index contributed by atoms with van der Waals surface area (Å²) >= 11 is 0. The molecular weight excluding hydrogens is 430 g/mol. The third kappa shape index (κ3) is 5.35. The number of rotatable bonds is 8. The number of carbonyl (C=O) groups excluding carboxylic acids is 1. The van der Waals surface area contributed by atoms with Crippen molar-refractivity contribution in [2.24, 2.45) is 5.92 Å². The third-order valence-electron chi connectivity index (χ3n) is 6.89. The molecule has 1 aromatic heterocycles. The molecule has 3 nitrogen and oxygen atoms in total. The second-order valence-corrected chi connectivity index (χ2v) is 9.61. The van der Waals surface area contributed by atoms with Crippen LogP contribution in [0.25, 0.3) is 0 Å². The largest absolute Gasteiger partial charge is 0.341 e. The number of halogens is 2. The van der Waals surface area contributed by atoms with Crippen LogP contribution in [0.15, 0.2) is 72.9 Å². The minimum Gasteiger partial charge on any atom is -0.341 e. The molecule has 0 spiro atoms. The van der Waals surface area contributed by atoms with Gasteiger partial charge in [0, 0.05) is 31.5 Å². The van der Waals surface area contributed by atoms with E-state index in [0.717, 1.165) is 43.7 Å². The topological polar surface area (TPSA) is 42.0 Å². The summed E-state index contributed by atoms with van der Waals surface area (Å²) < 4.78 is 28.7. The molecular formula is C29H32F2N2O. The highest BCUT2D eigenvalue weighted by molar-refractivity contribution is 5.78. The Hall–Kier alpha value is -3.08. The van der Waals surface area contributed by atoms with Gasteiger partial charge in [-0.05, 0) is 54.5 Å². The summed E-state index contributed by atoms with van der Waals surface area (Å²) in [5.41, 5.74) is 2.01. The van der Waals surface area contributed by atoms with Gasteiger partial charge in [-0.1, -0.05) is 67.4 Å². The first-order valence-electron chi connectivity index (χ1n) is 12.0. The molecule has 1 aliphatic carbocycles. The molecule has 1 aliphatic rings. The zero-order valence-electron chi connectivity index (χ0n) is 19.9. The van der Waals surface area contributed by atoms with Crippen molar-refractivity contribution in [3.05, 3.63) is 101 Å². The van der Waals surface area contributed by atoms with E-state index >= 15 is 0 Å². The number of aromatic nitrogens is 1. The highest BCUT2D eigenvalue weighted by atomic mass is 19.3. The zero-order chi connectivity index (χ0) is 24.2. The van der Waals surface area contributed by atoms with Crippen molar-refractivity contribution in [3.63, 3.8) is 0 Å². The molecule has 1 atom stereocenters. The number of nitrogens with zero attached hydrogens (tertiary/aromatic N) is 1. The van der Waals surface area contributed by atoms with Crippen LogP contribution < -0.4 is 5.32 Å². The van der Waals surface area contributed by atoms with Gasteiger partial charge in [0.25, 0.3) is 5.92 Å². The Morgan fingerprint density at radius 1 is 1.00 bits per heavy atom. The lowest BCUT2D eigenvalue weighted by atomic mass is 9.78. The molecule has 1 unspecified atom stereocenters. The summed E-state index contributed by atoms with van der Waals surface area (Å²) in [7, 11) is 0. The Bertz CT molecular complexity index is 1120. The number of nitrogens with one attached hydrogen (secondary N) is 1. The van der Waals surface area contributed by atoms with Crippen LogP contribution in [-0.4, -0.2) is 10.9 Å². The summed E-state index contributed by atoms with van der Waals surface area (Å²) in [6, 6.07) is 20.0. The van der Waals surface area contributed by atoms with E-state index < -0.39 is 11.5 Å². The highest BCUT2D eigenvalue weighted by Gasteiger charge is 2.40. The number of hydrogen-bond acceptors (Lipinski definition) is 2. The second kappa shape index (κ2) is 10.0. The predicted molar refractivity (Wildman–Crippen MR) is 131 cm³/mol. The number of aryl methyl sites for hydroxylation is 1. The molecule has 0 aliphatic heterocycles. The minimum atomic E-state index is -3.00. The molecule has 178 valence electrons. The molecule has 1 amide bonds. The van der Waals surface area contributed by atoms with Gasteiger partial charge in [-0.2, -0.15) is 0 Å². The Morgan fingerprint density at radius 2 is 1.71 bits per heavy atom. The number of carbonyl (C=O) groups is 1. The van der Waals surface area contributed by atoms with Crippen LogP contribution in [0, 0.1) is 12.8 Å². The van der Waals surface area contributed by atoms with Crippen molar-refractivity contribution in [1.29, 1.82) is 0 Å². The Labute approximate surface area is 200 Å². The van der Waals surface area contributed by atoms with Crippen molar-refractivity contribution < 1.29 is 13.6 Å². The maximum absolute atomic E-state index is 14.4. The van der Waals surface area contributed by atoms with Gasteiger partial charge in [-0.3, -0.25) is 9.78 Å². The van der Waals surface area contributed by atoms with Crippen molar-refractivity contribution in [2.75, 3.05) is 0 Å². The van der Waals surface area contributed by atoms with Crippen LogP contribution >= 0.6 is 0 Å². The van der Waals surface area contributed by atoms with Gasteiger partial charge >= 0.3 is 0 Å². The number of benzene rings is 2. The smallest absolute Gasteiger partial charge is 0.270 e. The first kappa shape index (κ1) is 24.1. The van der Waals surface area contributed by atoms with Gasteiger partial charge in [0.2, 0.25) is 5.91 Å². The normalized spacial score (nSPS) is 16.2. The molecule has 1 N–H and O–H groups in total. The molecule has 1 fully saturated rings. The summed E-state index contributed by atoms with van der Waals surface area (Å²) in [6.45, 7) is 2.85. The molecule has 4 rings (SSSR count). The number of alkyl halides is 2. The van der Waals surface area contributed by atoms with Crippen molar-refractivity contribution in [3.8, 4) is 0 Å². The molecule has 1 heterocycles. The molecule has 0 radical (unpaired) electrons. The second-order valence-electron chi connectivity index (χ2n) is 9.61. The van der Waals surface area contributed by atoms with Crippen molar-refractivity contribution in [2.45, 2.75) is 63.8 Å². The number of amides is 1. The fraction of sp³-hybridized carbons (Fsp3) is 0.379. The van der Waals surface area contributed by atoms with Gasteiger partial charge in [-0.25, -0.2) is 8.78 Å². The lowest BCUT2D eigenvalue weighted by molar-refractivity contribution is -0.123. The van der Waals surface area contributed by atoms with Crippen LogP contribution in [-0.2, 0) is 22.7 Å². The summed E-state index contributed by atoms with van der Waals surface area (Å²) in [5, 5.41) is 3.31. The molecule has 34 heavy (non-hydrogen) atoms. The van der Waals surface area contributed by atoms with Gasteiger partial charge in [0.15, 0.2) is 0 Å². The van der Waals surface area contributed by atoms with E-state index in [-0.39, 0.29) is 11.5 Å². The predicted octanol–water partition coefficient (Wildman–Crippen LogP) is 6.68. The summed E-state index contributed by atoms with van der Waals surface area (Å²) in [6.07, 6.45) is 6.95. The maximum Gasteiger partial charge on any atom is 0.270 e. The fourth-order valence-corrected chi connectivity index (χ4v) is 5.16. The lowest BCUT2D eigenvalue weighted by Gasteiger charge is -2.37. The quantitative estimate of drug-likeness (QED) is 0.405. The van der Waals surface area contributed by atoms with E-state index in [1.54, 1.807) is 12.3 Å². The SMILES string of the molecule is Cc1cccnc1C(Cc1ccccc1)(NC(=O)CC1CCCC1)c1cccc(C(C)(F)F)c1. The monoisotopic (exact) mass is 462 g/mol. The van der Waals surface area contributed by atoms with Crippen molar-refractivity contribution >= 4 is 5.91 Å². The zero-order valence-corrected chi connectivity index (χ0v) is 19.9. The Kier molecular flexibility index (Phi) is 7.11.